The molecule has 0 spiro atoms. The molecule has 1 aliphatic rings. The van der Waals surface area contributed by atoms with Crippen LogP contribution in [-0.4, -0.2) is 40.4 Å². The van der Waals surface area contributed by atoms with E-state index in [-0.39, 0.29) is 0 Å². The van der Waals surface area contributed by atoms with Gasteiger partial charge in [-0.2, -0.15) is 5.10 Å². The van der Waals surface area contributed by atoms with E-state index in [9.17, 15) is 0 Å². The van der Waals surface area contributed by atoms with E-state index in [1.807, 2.05) is 0 Å². The maximum Gasteiger partial charge on any atom is 0.0701 e. The Morgan fingerprint density at radius 1 is 1.41 bits per heavy atom. The number of aryl methyl sites for hydroxylation is 1. The zero-order valence-electron chi connectivity index (χ0n) is 11.7. The van der Waals surface area contributed by atoms with Gasteiger partial charge in [0.15, 0.2) is 0 Å². The van der Waals surface area contributed by atoms with Crippen molar-refractivity contribution >= 4 is 0 Å². The highest BCUT2D eigenvalue weighted by molar-refractivity contribution is 5.30. The van der Waals surface area contributed by atoms with E-state index in [0.29, 0.717) is 5.92 Å². The molecule has 1 atom stereocenters. The molecule has 0 fully saturated rings. The van der Waals surface area contributed by atoms with Crippen molar-refractivity contribution in [3.63, 3.8) is 0 Å². The topological polar surface area (TPSA) is 24.3 Å². The third-order valence-electron chi connectivity index (χ3n) is 3.90. The third-order valence-corrected chi connectivity index (χ3v) is 3.90. The van der Waals surface area contributed by atoms with Crippen LogP contribution in [0.2, 0.25) is 0 Å². The largest absolute Gasteiger partial charge is 0.272 e. The maximum atomic E-state index is 4.73. The summed E-state index contributed by atoms with van der Waals surface area (Å²) in [5.74, 6) is 0.562. The standard InChI is InChI=1S/C13H24N4/c1-6-10(2)13-11-9-17(15(3)4)8-7-12(11)16(5)14-13/h10H,6-9H2,1-5H3. The highest BCUT2D eigenvalue weighted by atomic mass is 15.6. The second-order valence-electron chi connectivity index (χ2n) is 5.23. The second-order valence-corrected chi connectivity index (χ2v) is 5.23. The molecule has 0 saturated heterocycles. The van der Waals surface area contributed by atoms with Crippen LogP contribution in [-0.2, 0) is 20.0 Å². The lowest BCUT2D eigenvalue weighted by molar-refractivity contribution is 0.0102. The van der Waals surface area contributed by atoms with Crippen LogP contribution in [0.4, 0.5) is 0 Å². The van der Waals surface area contributed by atoms with E-state index in [4.69, 9.17) is 5.10 Å². The molecule has 1 aliphatic heterocycles. The lowest BCUT2D eigenvalue weighted by Crippen LogP contribution is -2.41. The smallest absolute Gasteiger partial charge is 0.0701 e. The number of hydrazine groups is 1. The van der Waals surface area contributed by atoms with E-state index < -0.39 is 0 Å². The zero-order valence-corrected chi connectivity index (χ0v) is 11.7. The molecule has 1 unspecified atom stereocenters. The van der Waals surface area contributed by atoms with Gasteiger partial charge in [0, 0.05) is 57.8 Å². The number of aromatic nitrogens is 2. The maximum absolute atomic E-state index is 4.73. The first-order chi connectivity index (χ1) is 8.04. The molecule has 2 rings (SSSR count). The molecule has 0 radical (unpaired) electrons. The van der Waals surface area contributed by atoms with Gasteiger partial charge in [0.25, 0.3) is 0 Å². The third kappa shape index (κ3) is 2.24. The van der Waals surface area contributed by atoms with Gasteiger partial charge in [0.2, 0.25) is 0 Å². The molecule has 4 nitrogen and oxygen atoms in total. The fourth-order valence-corrected chi connectivity index (χ4v) is 2.54. The van der Waals surface area contributed by atoms with E-state index in [0.717, 1.165) is 25.9 Å². The molecule has 1 aromatic heterocycles. The van der Waals surface area contributed by atoms with Crippen LogP contribution < -0.4 is 0 Å². The molecular formula is C13H24N4. The van der Waals surface area contributed by atoms with Crippen molar-refractivity contribution < 1.29 is 0 Å². The first kappa shape index (κ1) is 12.6. The minimum atomic E-state index is 0.562. The van der Waals surface area contributed by atoms with Crippen molar-refractivity contribution in [2.75, 3.05) is 20.6 Å². The molecule has 0 amide bonds. The van der Waals surface area contributed by atoms with Crippen LogP contribution in [0.1, 0.15) is 43.1 Å². The minimum absolute atomic E-state index is 0.562. The van der Waals surface area contributed by atoms with Gasteiger partial charge in [-0.05, 0) is 6.42 Å². The summed E-state index contributed by atoms with van der Waals surface area (Å²) in [5, 5.41) is 9.30. The highest BCUT2D eigenvalue weighted by Gasteiger charge is 2.26. The van der Waals surface area contributed by atoms with Gasteiger partial charge in [-0.15, -0.1) is 0 Å². The summed E-state index contributed by atoms with van der Waals surface area (Å²) >= 11 is 0. The fourth-order valence-electron chi connectivity index (χ4n) is 2.54. The minimum Gasteiger partial charge on any atom is -0.272 e. The fraction of sp³-hybridized carbons (Fsp3) is 0.769. The van der Waals surface area contributed by atoms with Gasteiger partial charge >= 0.3 is 0 Å². The van der Waals surface area contributed by atoms with Crippen LogP contribution in [0.3, 0.4) is 0 Å². The molecule has 96 valence electrons. The average molecular weight is 236 g/mol. The number of hydrogen-bond acceptors (Lipinski definition) is 3. The Hall–Kier alpha value is -0.870. The number of nitrogens with zero attached hydrogens (tertiary/aromatic N) is 4. The van der Waals surface area contributed by atoms with Gasteiger partial charge in [-0.3, -0.25) is 4.68 Å². The Labute approximate surface area is 104 Å². The molecule has 0 aliphatic carbocycles. The molecular weight excluding hydrogens is 212 g/mol. The van der Waals surface area contributed by atoms with Crippen molar-refractivity contribution in [2.24, 2.45) is 7.05 Å². The van der Waals surface area contributed by atoms with Crippen LogP contribution in [0, 0.1) is 0 Å². The lowest BCUT2D eigenvalue weighted by atomic mass is 9.97. The second kappa shape index (κ2) is 4.78. The number of fused-ring (bicyclic) bond motifs is 1. The predicted molar refractivity (Wildman–Crippen MR) is 69.7 cm³/mol. The first-order valence-electron chi connectivity index (χ1n) is 6.51. The SMILES string of the molecule is CCC(C)c1nn(C)c2c1CN(N(C)C)CC2. The predicted octanol–water partition coefficient (Wildman–Crippen LogP) is 1.77. The van der Waals surface area contributed by atoms with E-state index in [1.165, 1.54) is 17.0 Å². The summed E-state index contributed by atoms with van der Waals surface area (Å²) in [6.45, 7) is 6.62. The van der Waals surface area contributed by atoms with Crippen LogP contribution in [0.5, 0.6) is 0 Å². The summed E-state index contributed by atoms with van der Waals surface area (Å²) in [6.07, 6.45) is 2.26. The Morgan fingerprint density at radius 3 is 2.71 bits per heavy atom. The van der Waals surface area contributed by atoms with E-state index in [2.05, 4.69) is 49.7 Å². The first-order valence-corrected chi connectivity index (χ1v) is 6.51. The van der Waals surface area contributed by atoms with E-state index in [1.54, 1.807) is 0 Å². The van der Waals surface area contributed by atoms with Crippen LogP contribution >= 0.6 is 0 Å². The Bertz CT molecular complexity index is 394. The molecule has 0 N–H and O–H groups in total. The van der Waals surface area contributed by atoms with E-state index >= 15 is 0 Å². The van der Waals surface area contributed by atoms with Crippen molar-refractivity contribution in [2.45, 2.75) is 39.2 Å². The van der Waals surface area contributed by atoms with Crippen LogP contribution in [0.25, 0.3) is 0 Å². The van der Waals surface area contributed by atoms with Gasteiger partial charge in [-0.1, -0.05) is 13.8 Å². The zero-order chi connectivity index (χ0) is 12.6. The highest BCUT2D eigenvalue weighted by Crippen LogP contribution is 2.28. The monoisotopic (exact) mass is 236 g/mol. The summed E-state index contributed by atoms with van der Waals surface area (Å²) in [4.78, 5) is 0. The van der Waals surface area contributed by atoms with Gasteiger partial charge in [0.1, 0.15) is 0 Å². The Kier molecular flexibility index (Phi) is 3.54. The van der Waals surface area contributed by atoms with Gasteiger partial charge < -0.3 is 0 Å². The summed E-state index contributed by atoms with van der Waals surface area (Å²) < 4.78 is 2.09. The summed E-state index contributed by atoms with van der Waals surface area (Å²) in [6, 6.07) is 0. The molecule has 17 heavy (non-hydrogen) atoms. The Morgan fingerprint density at radius 2 is 2.12 bits per heavy atom. The molecule has 1 aromatic rings. The summed E-state index contributed by atoms with van der Waals surface area (Å²) in [5.41, 5.74) is 4.19. The van der Waals surface area contributed by atoms with Crippen molar-refractivity contribution in [3.05, 3.63) is 17.0 Å². The molecule has 0 bridgehead atoms. The lowest BCUT2D eigenvalue weighted by Gasteiger charge is -2.32. The average Bonchev–Trinajstić information content (AvgIpc) is 2.65. The normalized spacial score (nSPS) is 18.5. The molecule has 0 saturated carbocycles. The van der Waals surface area contributed by atoms with Crippen LogP contribution in [0.15, 0.2) is 0 Å². The number of rotatable bonds is 3. The quantitative estimate of drug-likeness (QED) is 0.799. The van der Waals surface area contributed by atoms with Crippen molar-refractivity contribution in [1.29, 1.82) is 0 Å². The molecule has 0 aromatic carbocycles. The van der Waals surface area contributed by atoms with Crippen molar-refractivity contribution in [3.8, 4) is 0 Å². The number of hydrogen-bond donors (Lipinski definition) is 0. The van der Waals surface area contributed by atoms with Gasteiger partial charge in [0.05, 0.1) is 5.69 Å². The molecule has 4 heteroatoms. The van der Waals surface area contributed by atoms with Crippen molar-refractivity contribution in [1.82, 2.24) is 19.8 Å². The summed E-state index contributed by atoms with van der Waals surface area (Å²) in [7, 11) is 6.31. The van der Waals surface area contributed by atoms with Gasteiger partial charge in [-0.25, -0.2) is 10.0 Å². The Balaban J connectivity index is 2.33. The molecule has 2 heterocycles.